The standard InChI is InChI=1S/C11H22N2O2/c1-4-12(2)11(14)13(3)9-10-5-7-15-8-6-10/h10H,4-9H2,1-3H3. The molecule has 1 heterocycles. The van der Waals surface area contributed by atoms with Gasteiger partial charge in [0.15, 0.2) is 0 Å². The van der Waals surface area contributed by atoms with E-state index in [0.29, 0.717) is 5.92 Å². The fourth-order valence-corrected chi connectivity index (χ4v) is 1.82. The Morgan fingerprint density at radius 2 is 1.87 bits per heavy atom. The molecule has 2 amide bonds. The molecule has 0 N–H and O–H groups in total. The second-order valence-electron chi connectivity index (χ2n) is 4.23. The Morgan fingerprint density at radius 3 is 2.40 bits per heavy atom. The summed E-state index contributed by atoms with van der Waals surface area (Å²) in [5.41, 5.74) is 0. The van der Waals surface area contributed by atoms with Gasteiger partial charge in [-0.3, -0.25) is 0 Å². The van der Waals surface area contributed by atoms with E-state index in [0.717, 1.165) is 39.1 Å². The van der Waals surface area contributed by atoms with Crippen LogP contribution in [0.15, 0.2) is 0 Å². The van der Waals surface area contributed by atoms with Crippen LogP contribution >= 0.6 is 0 Å². The molecule has 0 aromatic rings. The maximum atomic E-state index is 11.8. The third kappa shape index (κ3) is 3.70. The van der Waals surface area contributed by atoms with Crippen LogP contribution in [0.3, 0.4) is 0 Å². The maximum absolute atomic E-state index is 11.8. The van der Waals surface area contributed by atoms with Gasteiger partial charge in [-0.05, 0) is 25.7 Å². The zero-order valence-corrected chi connectivity index (χ0v) is 10.0. The van der Waals surface area contributed by atoms with Crippen LogP contribution in [0.5, 0.6) is 0 Å². The Labute approximate surface area is 92.2 Å². The molecule has 15 heavy (non-hydrogen) atoms. The smallest absolute Gasteiger partial charge is 0.319 e. The normalized spacial score (nSPS) is 17.5. The van der Waals surface area contributed by atoms with Gasteiger partial charge in [-0.1, -0.05) is 0 Å². The molecule has 0 saturated carbocycles. The Hall–Kier alpha value is -0.770. The number of amides is 2. The number of hydrogen-bond acceptors (Lipinski definition) is 2. The van der Waals surface area contributed by atoms with Gasteiger partial charge in [-0.25, -0.2) is 4.79 Å². The molecule has 0 aromatic carbocycles. The topological polar surface area (TPSA) is 32.8 Å². The van der Waals surface area contributed by atoms with Gasteiger partial charge in [-0.2, -0.15) is 0 Å². The van der Waals surface area contributed by atoms with Crippen molar-refractivity contribution in [3.8, 4) is 0 Å². The molecule has 0 aliphatic carbocycles. The van der Waals surface area contributed by atoms with E-state index in [1.54, 1.807) is 4.90 Å². The molecule has 0 bridgehead atoms. The third-order valence-corrected chi connectivity index (χ3v) is 3.00. The summed E-state index contributed by atoms with van der Waals surface area (Å²) >= 11 is 0. The zero-order valence-electron chi connectivity index (χ0n) is 10.0. The van der Waals surface area contributed by atoms with E-state index in [9.17, 15) is 4.79 Å². The highest BCUT2D eigenvalue weighted by molar-refractivity contribution is 5.73. The summed E-state index contributed by atoms with van der Waals surface area (Å²) in [6.07, 6.45) is 2.15. The van der Waals surface area contributed by atoms with Crippen molar-refractivity contribution in [3.05, 3.63) is 0 Å². The van der Waals surface area contributed by atoms with E-state index < -0.39 is 0 Å². The molecule has 88 valence electrons. The Kier molecular flexibility index (Phi) is 4.88. The van der Waals surface area contributed by atoms with E-state index in [-0.39, 0.29) is 6.03 Å². The molecule has 0 aromatic heterocycles. The summed E-state index contributed by atoms with van der Waals surface area (Å²) < 4.78 is 5.30. The van der Waals surface area contributed by atoms with Gasteiger partial charge in [0.2, 0.25) is 0 Å². The summed E-state index contributed by atoms with van der Waals surface area (Å²) in [5, 5.41) is 0. The lowest BCUT2D eigenvalue weighted by Gasteiger charge is -2.29. The van der Waals surface area contributed by atoms with Crippen LogP contribution in [-0.4, -0.2) is 56.2 Å². The molecule has 1 rings (SSSR count). The number of carbonyl (C=O) groups is 1. The first-order valence-electron chi connectivity index (χ1n) is 5.69. The van der Waals surface area contributed by atoms with Crippen LogP contribution < -0.4 is 0 Å². The lowest BCUT2D eigenvalue weighted by atomic mass is 10.00. The van der Waals surface area contributed by atoms with E-state index in [1.807, 2.05) is 25.9 Å². The van der Waals surface area contributed by atoms with Gasteiger partial charge in [0.1, 0.15) is 0 Å². The molecule has 1 fully saturated rings. The van der Waals surface area contributed by atoms with Gasteiger partial charge >= 0.3 is 6.03 Å². The second-order valence-corrected chi connectivity index (χ2v) is 4.23. The third-order valence-electron chi connectivity index (χ3n) is 3.00. The van der Waals surface area contributed by atoms with Crippen molar-refractivity contribution in [1.82, 2.24) is 9.80 Å². The summed E-state index contributed by atoms with van der Waals surface area (Å²) in [6.45, 7) is 5.29. The number of nitrogens with zero attached hydrogens (tertiary/aromatic N) is 2. The monoisotopic (exact) mass is 214 g/mol. The number of hydrogen-bond donors (Lipinski definition) is 0. The van der Waals surface area contributed by atoms with Crippen LogP contribution in [0.4, 0.5) is 4.79 Å². The van der Waals surface area contributed by atoms with Gasteiger partial charge in [-0.15, -0.1) is 0 Å². The molecule has 4 heteroatoms. The van der Waals surface area contributed by atoms with Crippen molar-refractivity contribution in [3.63, 3.8) is 0 Å². The maximum Gasteiger partial charge on any atom is 0.319 e. The van der Waals surface area contributed by atoms with Gasteiger partial charge in [0.05, 0.1) is 0 Å². The average Bonchev–Trinajstić information content (AvgIpc) is 2.28. The molecule has 0 atom stereocenters. The lowest BCUT2D eigenvalue weighted by molar-refractivity contribution is 0.0570. The first-order chi connectivity index (χ1) is 7.15. The predicted octanol–water partition coefficient (Wildman–Crippen LogP) is 1.42. The van der Waals surface area contributed by atoms with E-state index in [1.165, 1.54) is 0 Å². The van der Waals surface area contributed by atoms with Gasteiger partial charge < -0.3 is 14.5 Å². The molecule has 0 unspecified atom stereocenters. The van der Waals surface area contributed by atoms with Crippen LogP contribution in [0.2, 0.25) is 0 Å². The number of carbonyl (C=O) groups excluding carboxylic acids is 1. The predicted molar refractivity (Wildman–Crippen MR) is 59.9 cm³/mol. The summed E-state index contributed by atoms with van der Waals surface area (Å²) in [4.78, 5) is 15.3. The quantitative estimate of drug-likeness (QED) is 0.711. The largest absolute Gasteiger partial charge is 0.381 e. The van der Waals surface area contributed by atoms with Gasteiger partial charge in [0.25, 0.3) is 0 Å². The minimum atomic E-state index is 0.115. The van der Waals surface area contributed by atoms with Gasteiger partial charge in [0, 0.05) is 40.4 Å². The summed E-state index contributed by atoms with van der Waals surface area (Å²) in [7, 11) is 3.72. The number of rotatable bonds is 3. The first-order valence-corrected chi connectivity index (χ1v) is 5.69. The summed E-state index contributed by atoms with van der Waals surface area (Å²) in [5.74, 6) is 0.609. The van der Waals surface area contributed by atoms with Crippen LogP contribution in [0.25, 0.3) is 0 Å². The highest BCUT2D eigenvalue weighted by Crippen LogP contribution is 2.15. The Bertz CT molecular complexity index is 203. The van der Waals surface area contributed by atoms with Crippen molar-refractivity contribution in [2.75, 3.05) is 40.4 Å². The van der Waals surface area contributed by atoms with Crippen molar-refractivity contribution in [2.45, 2.75) is 19.8 Å². The molecule has 1 aliphatic rings. The van der Waals surface area contributed by atoms with Crippen LogP contribution in [0, 0.1) is 5.92 Å². The molecular formula is C11H22N2O2. The number of urea groups is 1. The van der Waals surface area contributed by atoms with Crippen molar-refractivity contribution in [2.24, 2.45) is 5.92 Å². The van der Waals surface area contributed by atoms with Crippen molar-refractivity contribution < 1.29 is 9.53 Å². The first kappa shape index (κ1) is 12.3. The average molecular weight is 214 g/mol. The Morgan fingerprint density at radius 1 is 1.27 bits per heavy atom. The number of ether oxygens (including phenoxy) is 1. The van der Waals surface area contributed by atoms with E-state index in [4.69, 9.17) is 4.74 Å². The van der Waals surface area contributed by atoms with E-state index in [2.05, 4.69) is 0 Å². The molecule has 1 aliphatic heterocycles. The molecule has 0 spiro atoms. The molecule has 1 saturated heterocycles. The van der Waals surface area contributed by atoms with Crippen LogP contribution in [-0.2, 0) is 4.74 Å². The van der Waals surface area contributed by atoms with E-state index >= 15 is 0 Å². The minimum Gasteiger partial charge on any atom is -0.381 e. The second kappa shape index (κ2) is 5.95. The highest BCUT2D eigenvalue weighted by Gasteiger charge is 2.19. The lowest BCUT2D eigenvalue weighted by Crippen LogP contribution is -2.41. The van der Waals surface area contributed by atoms with Crippen molar-refractivity contribution in [1.29, 1.82) is 0 Å². The minimum absolute atomic E-state index is 0.115. The molecule has 4 nitrogen and oxygen atoms in total. The SMILES string of the molecule is CCN(C)C(=O)N(C)CC1CCOCC1. The zero-order chi connectivity index (χ0) is 11.3. The fraction of sp³-hybridized carbons (Fsp3) is 0.909. The Balaban J connectivity index is 2.33. The fourth-order valence-electron chi connectivity index (χ4n) is 1.82. The highest BCUT2D eigenvalue weighted by atomic mass is 16.5. The van der Waals surface area contributed by atoms with Crippen LogP contribution in [0.1, 0.15) is 19.8 Å². The molecule has 0 radical (unpaired) electrons. The molecular weight excluding hydrogens is 192 g/mol. The summed E-state index contributed by atoms with van der Waals surface area (Å²) in [6, 6.07) is 0.115. The van der Waals surface area contributed by atoms with Crippen molar-refractivity contribution >= 4 is 6.03 Å².